The molecule has 82 valence electrons. The highest BCUT2D eigenvalue weighted by Crippen LogP contribution is 2.25. The third-order valence-electron chi connectivity index (χ3n) is 2.33. The maximum Gasteiger partial charge on any atom is 0.146 e. The van der Waals surface area contributed by atoms with Crippen LogP contribution in [0.2, 0.25) is 0 Å². The molecule has 0 spiro atoms. The largest absolute Gasteiger partial charge is 0.377 e. The molecule has 0 radical (unpaired) electrons. The van der Waals surface area contributed by atoms with Crippen molar-refractivity contribution in [3.05, 3.63) is 17.0 Å². The second kappa shape index (κ2) is 5.09. The van der Waals surface area contributed by atoms with Crippen molar-refractivity contribution in [3.63, 3.8) is 0 Å². The molecule has 4 nitrogen and oxygen atoms in total. The van der Waals surface area contributed by atoms with Crippen molar-refractivity contribution in [2.24, 2.45) is 0 Å². The first-order chi connectivity index (χ1) is 7.33. The maximum atomic E-state index is 5.90. The zero-order valence-corrected chi connectivity index (χ0v) is 10.4. The molecular weight excluding hydrogens is 281 g/mol. The standard InChI is InChI=1S/C9H11BrClN3O/c10-8-4-12-6-13-9(8)14-1-2-15-5-7(14)3-11/h4,6-7H,1-3,5H2. The smallest absolute Gasteiger partial charge is 0.146 e. The van der Waals surface area contributed by atoms with Crippen molar-refractivity contribution in [2.75, 3.05) is 30.5 Å². The molecule has 1 aliphatic heterocycles. The van der Waals surface area contributed by atoms with Gasteiger partial charge in [0.1, 0.15) is 12.1 Å². The van der Waals surface area contributed by atoms with Gasteiger partial charge in [-0.15, -0.1) is 11.6 Å². The lowest BCUT2D eigenvalue weighted by atomic mass is 10.2. The van der Waals surface area contributed by atoms with E-state index in [2.05, 4.69) is 30.8 Å². The van der Waals surface area contributed by atoms with E-state index in [1.54, 1.807) is 12.5 Å². The second-order valence-corrected chi connectivity index (χ2v) is 4.43. The minimum atomic E-state index is 0.187. The normalized spacial score (nSPS) is 21.7. The Hall–Kier alpha value is -0.390. The van der Waals surface area contributed by atoms with Crippen molar-refractivity contribution in [2.45, 2.75) is 6.04 Å². The van der Waals surface area contributed by atoms with Crippen molar-refractivity contribution >= 4 is 33.3 Å². The van der Waals surface area contributed by atoms with Gasteiger partial charge in [0.25, 0.3) is 0 Å². The monoisotopic (exact) mass is 291 g/mol. The zero-order chi connectivity index (χ0) is 10.7. The molecule has 1 saturated heterocycles. The van der Waals surface area contributed by atoms with Gasteiger partial charge in [-0.2, -0.15) is 0 Å². The van der Waals surface area contributed by atoms with Crippen molar-refractivity contribution in [3.8, 4) is 0 Å². The number of anilines is 1. The van der Waals surface area contributed by atoms with Crippen LogP contribution in [0.3, 0.4) is 0 Å². The van der Waals surface area contributed by atoms with Crippen LogP contribution >= 0.6 is 27.5 Å². The number of morpholine rings is 1. The van der Waals surface area contributed by atoms with Gasteiger partial charge in [-0.1, -0.05) is 0 Å². The van der Waals surface area contributed by atoms with Gasteiger partial charge in [0.15, 0.2) is 0 Å². The Morgan fingerprint density at radius 3 is 3.27 bits per heavy atom. The molecule has 1 atom stereocenters. The molecule has 0 aromatic carbocycles. The van der Waals surface area contributed by atoms with Gasteiger partial charge in [0.2, 0.25) is 0 Å². The predicted molar refractivity (Wildman–Crippen MR) is 62.4 cm³/mol. The lowest BCUT2D eigenvalue weighted by Crippen LogP contribution is -2.47. The third kappa shape index (κ3) is 2.41. The van der Waals surface area contributed by atoms with Gasteiger partial charge in [-0.25, -0.2) is 9.97 Å². The van der Waals surface area contributed by atoms with E-state index in [-0.39, 0.29) is 6.04 Å². The molecule has 2 heterocycles. The fourth-order valence-electron chi connectivity index (χ4n) is 1.58. The molecule has 0 N–H and O–H groups in total. The Labute approximate surface area is 102 Å². The summed E-state index contributed by atoms with van der Waals surface area (Å²) in [7, 11) is 0. The summed E-state index contributed by atoms with van der Waals surface area (Å²) >= 11 is 9.33. The van der Waals surface area contributed by atoms with Crippen LogP contribution in [-0.4, -0.2) is 41.6 Å². The predicted octanol–water partition coefficient (Wildman–Crippen LogP) is 1.68. The molecule has 0 aliphatic carbocycles. The molecule has 0 amide bonds. The summed E-state index contributed by atoms with van der Waals surface area (Å²) < 4.78 is 6.27. The Morgan fingerprint density at radius 2 is 2.53 bits per heavy atom. The number of hydrogen-bond donors (Lipinski definition) is 0. The highest BCUT2D eigenvalue weighted by Gasteiger charge is 2.24. The first-order valence-electron chi connectivity index (χ1n) is 4.69. The number of alkyl halides is 1. The van der Waals surface area contributed by atoms with Crippen LogP contribution in [0.4, 0.5) is 5.82 Å². The van der Waals surface area contributed by atoms with Gasteiger partial charge in [0.05, 0.1) is 23.7 Å². The van der Waals surface area contributed by atoms with Gasteiger partial charge in [-0.3, -0.25) is 0 Å². The van der Waals surface area contributed by atoms with Gasteiger partial charge in [-0.05, 0) is 15.9 Å². The molecule has 1 aromatic rings. The summed E-state index contributed by atoms with van der Waals surface area (Å²) in [5.74, 6) is 1.43. The fraction of sp³-hybridized carbons (Fsp3) is 0.556. The molecule has 1 aromatic heterocycles. The van der Waals surface area contributed by atoms with Crippen molar-refractivity contribution < 1.29 is 4.74 Å². The summed E-state index contributed by atoms with van der Waals surface area (Å²) in [6.07, 6.45) is 3.28. The van der Waals surface area contributed by atoms with Crippen molar-refractivity contribution in [1.82, 2.24) is 9.97 Å². The molecule has 6 heteroatoms. The minimum Gasteiger partial charge on any atom is -0.377 e. The summed E-state index contributed by atoms with van der Waals surface area (Å²) in [4.78, 5) is 10.4. The number of ether oxygens (including phenoxy) is 1. The molecule has 2 rings (SSSR count). The molecule has 0 bridgehead atoms. The molecule has 15 heavy (non-hydrogen) atoms. The van der Waals surface area contributed by atoms with E-state index in [4.69, 9.17) is 16.3 Å². The third-order valence-corrected chi connectivity index (χ3v) is 3.24. The topological polar surface area (TPSA) is 38.2 Å². The van der Waals surface area contributed by atoms with E-state index in [1.807, 2.05) is 0 Å². The van der Waals surface area contributed by atoms with Gasteiger partial charge in [0, 0.05) is 18.6 Å². The van der Waals surface area contributed by atoms with Crippen LogP contribution in [0.25, 0.3) is 0 Å². The van der Waals surface area contributed by atoms with Crippen LogP contribution in [-0.2, 0) is 4.74 Å². The highest BCUT2D eigenvalue weighted by atomic mass is 79.9. The van der Waals surface area contributed by atoms with Crippen LogP contribution in [0, 0.1) is 0 Å². The quantitative estimate of drug-likeness (QED) is 0.778. The molecule has 1 unspecified atom stereocenters. The van der Waals surface area contributed by atoms with Crippen LogP contribution < -0.4 is 4.90 Å². The Morgan fingerprint density at radius 1 is 1.67 bits per heavy atom. The Bertz CT molecular complexity index is 339. The van der Waals surface area contributed by atoms with Gasteiger partial charge >= 0.3 is 0 Å². The number of nitrogens with zero attached hydrogens (tertiary/aromatic N) is 3. The minimum absolute atomic E-state index is 0.187. The van der Waals surface area contributed by atoms with Crippen molar-refractivity contribution in [1.29, 1.82) is 0 Å². The van der Waals surface area contributed by atoms with Crippen LogP contribution in [0.5, 0.6) is 0 Å². The average molecular weight is 293 g/mol. The van der Waals surface area contributed by atoms with E-state index in [0.717, 1.165) is 16.8 Å². The summed E-state index contributed by atoms with van der Waals surface area (Å²) in [5.41, 5.74) is 0. The molecular formula is C9H11BrClN3O. The van der Waals surface area contributed by atoms with E-state index in [0.29, 0.717) is 19.1 Å². The Balaban J connectivity index is 2.24. The lowest BCUT2D eigenvalue weighted by Gasteiger charge is -2.35. The number of halogens is 2. The summed E-state index contributed by atoms with van der Waals surface area (Å²) in [6.45, 7) is 2.18. The van der Waals surface area contributed by atoms with Gasteiger partial charge < -0.3 is 9.64 Å². The SMILES string of the molecule is ClCC1COCCN1c1ncncc1Br. The van der Waals surface area contributed by atoms with Crippen LogP contribution in [0.1, 0.15) is 0 Å². The first kappa shape index (κ1) is 11.1. The molecule has 1 fully saturated rings. The average Bonchev–Trinajstić information content (AvgIpc) is 2.30. The van der Waals surface area contributed by atoms with E-state index < -0.39 is 0 Å². The van der Waals surface area contributed by atoms with E-state index in [9.17, 15) is 0 Å². The summed E-state index contributed by atoms with van der Waals surface area (Å²) in [5, 5.41) is 0. The number of hydrogen-bond acceptors (Lipinski definition) is 4. The fourth-order valence-corrected chi connectivity index (χ4v) is 2.28. The summed E-state index contributed by atoms with van der Waals surface area (Å²) in [6, 6.07) is 0.187. The molecule has 0 saturated carbocycles. The number of aromatic nitrogens is 2. The second-order valence-electron chi connectivity index (χ2n) is 3.27. The number of rotatable bonds is 2. The maximum absolute atomic E-state index is 5.90. The first-order valence-corrected chi connectivity index (χ1v) is 6.01. The highest BCUT2D eigenvalue weighted by molar-refractivity contribution is 9.10. The van der Waals surface area contributed by atoms with E-state index >= 15 is 0 Å². The van der Waals surface area contributed by atoms with Crippen LogP contribution in [0.15, 0.2) is 17.0 Å². The Kier molecular flexibility index (Phi) is 3.77. The molecule has 1 aliphatic rings. The zero-order valence-electron chi connectivity index (χ0n) is 8.07. The van der Waals surface area contributed by atoms with E-state index in [1.165, 1.54) is 0 Å². The lowest BCUT2D eigenvalue weighted by molar-refractivity contribution is 0.0993.